The third-order valence-electron chi connectivity index (χ3n) is 2.30. The van der Waals surface area contributed by atoms with Crippen molar-refractivity contribution in [3.8, 4) is 0 Å². The van der Waals surface area contributed by atoms with Crippen molar-refractivity contribution < 1.29 is 8.43 Å². The normalized spacial score (nSPS) is 19.9. The van der Waals surface area contributed by atoms with E-state index in [-0.39, 0.29) is 5.23 Å². The second kappa shape index (κ2) is 3.20. The predicted octanol–water partition coefficient (Wildman–Crippen LogP) is 0.0437. The molecule has 14 heavy (non-hydrogen) atoms. The van der Waals surface area contributed by atoms with Gasteiger partial charge in [0.25, 0.3) is 0 Å². The molecular formula is C10H7NO2Te. The molecule has 0 fully saturated rings. The molecule has 0 saturated heterocycles. The first kappa shape index (κ1) is 8.66. The van der Waals surface area contributed by atoms with E-state index in [1.54, 1.807) is 0 Å². The second-order valence-electron chi connectivity index (χ2n) is 3.11. The minimum absolute atomic E-state index is 0.140. The third kappa shape index (κ3) is 1.17. The summed E-state index contributed by atoms with van der Waals surface area (Å²) in [4.78, 5) is 0. The fourth-order valence-corrected chi connectivity index (χ4v) is 3.51. The minimum atomic E-state index is -0.716. The van der Waals surface area contributed by atoms with E-state index in [1.165, 1.54) is 0 Å². The van der Waals surface area contributed by atoms with E-state index in [1.807, 2.05) is 30.3 Å². The molecule has 1 aliphatic rings. The van der Waals surface area contributed by atoms with Crippen LogP contribution in [-0.2, 0) is 3.20 Å². The third-order valence-corrected chi connectivity index (χ3v) is 4.46. The average molecular weight is 301 g/mol. The first-order chi connectivity index (χ1) is 6.86. The molecule has 2 aromatic rings. The first-order valence-electron chi connectivity index (χ1n) is 4.27. The number of quaternary nitrogens is 1. The Bertz CT molecular complexity index is 500. The molecule has 0 saturated carbocycles. The molecule has 1 atom stereocenters. The van der Waals surface area contributed by atoms with Gasteiger partial charge in [0, 0.05) is 0 Å². The van der Waals surface area contributed by atoms with Gasteiger partial charge in [0.1, 0.15) is 0 Å². The second-order valence-corrected chi connectivity index (χ2v) is 5.32. The van der Waals surface area contributed by atoms with Gasteiger partial charge in [0.15, 0.2) is 0 Å². The SMILES string of the molecule is [O-][NH+]1O[Te]c2ccc3ccccc3c21. The van der Waals surface area contributed by atoms with Crippen LogP contribution in [0.1, 0.15) is 0 Å². The van der Waals surface area contributed by atoms with Crippen molar-refractivity contribution in [2.24, 2.45) is 0 Å². The molecule has 2 aromatic carbocycles. The van der Waals surface area contributed by atoms with E-state index in [4.69, 9.17) is 3.20 Å². The Kier molecular flexibility index (Phi) is 1.98. The number of fused-ring (bicyclic) bond motifs is 3. The van der Waals surface area contributed by atoms with Crippen LogP contribution in [-0.4, -0.2) is 21.3 Å². The van der Waals surface area contributed by atoms with Gasteiger partial charge in [-0.2, -0.15) is 0 Å². The molecule has 1 aliphatic heterocycles. The maximum atomic E-state index is 11.5. The number of nitrogens with one attached hydrogen (secondary N) is 1. The molecule has 70 valence electrons. The van der Waals surface area contributed by atoms with Gasteiger partial charge in [0.2, 0.25) is 0 Å². The van der Waals surface area contributed by atoms with Crippen molar-refractivity contribution in [2.75, 3.05) is 0 Å². The maximum absolute atomic E-state index is 11.5. The van der Waals surface area contributed by atoms with E-state index in [9.17, 15) is 5.21 Å². The van der Waals surface area contributed by atoms with E-state index in [0.717, 1.165) is 20.1 Å². The molecule has 1 N–H and O–H groups in total. The molecular weight excluding hydrogens is 294 g/mol. The molecule has 0 aromatic heterocycles. The summed E-state index contributed by atoms with van der Waals surface area (Å²) in [6.07, 6.45) is 0. The standard InChI is InChI=1S/C10H7NO2Te/c12-11-10-8-4-2-1-3-7(8)5-6-9(10)14-13-11/h1-6,11H. The van der Waals surface area contributed by atoms with Gasteiger partial charge < -0.3 is 0 Å². The zero-order valence-corrected chi connectivity index (χ0v) is 9.52. The van der Waals surface area contributed by atoms with Gasteiger partial charge in [-0.1, -0.05) is 0 Å². The molecule has 0 spiro atoms. The number of hydrogen-bond acceptors (Lipinski definition) is 2. The van der Waals surface area contributed by atoms with Gasteiger partial charge >= 0.3 is 91.4 Å². The monoisotopic (exact) mass is 303 g/mol. The van der Waals surface area contributed by atoms with Crippen LogP contribution in [0, 0.1) is 5.21 Å². The summed E-state index contributed by atoms with van der Waals surface area (Å²) in [5.41, 5.74) is 0.797. The van der Waals surface area contributed by atoms with Crippen molar-refractivity contribution in [1.82, 2.24) is 0 Å². The summed E-state index contributed by atoms with van der Waals surface area (Å²) >= 11 is -0.716. The molecule has 1 unspecified atom stereocenters. The van der Waals surface area contributed by atoms with E-state index in [2.05, 4.69) is 6.07 Å². The topological polar surface area (TPSA) is 36.7 Å². The molecule has 0 radical (unpaired) electrons. The van der Waals surface area contributed by atoms with Gasteiger partial charge in [-0.05, 0) is 0 Å². The molecule has 1 heterocycles. The van der Waals surface area contributed by atoms with E-state index < -0.39 is 21.3 Å². The van der Waals surface area contributed by atoms with Crippen LogP contribution < -0.4 is 8.84 Å². The fraction of sp³-hybridized carbons (Fsp3) is 0. The van der Waals surface area contributed by atoms with E-state index >= 15 is 0 Å². The van der Waals surface area contributed by atoms with Crippen molar-refractivity contribution in [3.63, 3.8) is 0 Å². The Morgan fingerprint density at radius 2 is 2.00 bits per heavy atom. The Morgan fingerprint density at radius 3 is 2.93 bits per heavy atom. The molecule has 0 bridgehead atoms. The van der Waals surface area contributed by atoms with Crippen LogP contribution in [0.4, 0.5) is 5.69 Å². The zero-order chi connectivity index (χ0) is 9.54. The summed E-state index contributed by atoms with van der Waals surface area (Å²) in [6.45, 7) is 0. The van der Waals surface area contributed by atoms with Crippen molar-refractivity contribution in [3.05, 3.63) is 41.6 Å². The van der Waals surface area contributed by atoms with Gasteiger partial charge in [-0.25, -0.2) is 0 Å². The van der Waals surface area contributed by atoms with Crippen LogP contribution in [0.5, 0.6) is 0 Å². The number of hydrogen-bond donors (Lipinski definition) is 1. The summed E-state index contributed by atoms with van der Waals surface area (Å²) in [5, 5.41) is 13.5. The molecule has 3 rings (SSSR count). The number of benzene rings is 2. The van der Waals surface area contributed by atoms with Crippen molar-refractivity contribution >= 4 is 41.4 Å². The first-order valence-corrected chi connectivity index (χ1v) is 6.38. The Labute approximate surface area is 91.4 Å². The van der Waals surface area contributed by atoms with Gasteiger partial charge in [-0.15, -0.1) is 0 Å². The van der Waals surface area contributed by atoms with Crippen LogP contribution >= 0.6 is 0 Å². The van der Waals surface area contributed by atoms with Crippen LogP contribution in [0.2, 0.25) is 0 Å². The van der Waals surface area contributed by atoms with Crippen LogP contribution in [0.25, 0.3) is 10.8 Å². The summed E-state index contributed by atoms with van der Waals surface area (Å²) in [5.74, 6) is 0. The Hall–Kier alpha value is -0.630. The van der Waals surface area contributed by atoms with Gasteiger partial charge in [0.05, 0.1) is 0 Å². The zero-order valence-electron chi connectivity index (χ0n) is 7.19. The molecule has 3 nitrogen and oxygen atoms in total. The molecule has 4 heteroatoms. The van der Waals surface area contributed by atoms with Crippen LogP contribution in [0.15, 0.2) is 36.4 Å². The molecule has 0 amide bonds. The fourth-order valence-electron chi connectivity index (χ4n) is 1.66. The van der Waals surface area contributed by atoms with Crippen LogP contribution in [0.3, 0.4) is 0 Å². The Balaban J connectivity index is 2.41. The van der Waals surface area contributed by atoms with Crippen molar-refractivity contribution in [2.45, 2.75) is 0 Å². The summed E-state index contributed by atoms with van der Waals surface area (Å²) in [7, 11) is 0. The summed E-state index contributed by atoms with van der Waals surface area (Å²) in [6, 6.07) is 12.0. The van der Waals surface area contributed by atoms with Gasteiger partial charge in [-0.3, -0.25) is 0 Å². The number of rotatable bonds is 0. The average Bonchev–Trinajstić information content (AvgIpc) is 2.61. The Morgan fingerprint density at radius 1 is 1.14 bits per heavy atom. The van der Waals surface area contributed by atoms with E-state index in [0.29, 0.717) is 0 Å². The quantitative estimate of drug-likeness (QED) is 0.551. The summed E-state index contributed by atoms with van der Waals surface area (Å²) < 4.78 is 6.25. The predicted molar refractivity (Wildman–Crippen MR) is 54.4 cm³/mol. The molecule has 0 aliphatic carbocycles. The van der Waals surface area contributed by atoms with Crippen molar-refractivity contribution in [1.29, 1.82) is 0 Å².